The summed E-state index contributed by atoms with van der Waals surface area (Å²) < 4.78 is 5.37. The summed E-state index contributed by atoms with van der Waals surface area (Å²) in [6.07, 6.45) is 0. The van der Waals surface area contributed by atoms with Crippen LogP contribution in [0.2, 0.25) is 5.02 Å². The largest absolute Gasteiger partial charge is 0.494 e. The Morgan fingerprint density at radius 1 is 1.07 bits per heavy atom. The SMILES string of the molecule is COc1ccc2nc3ccccc3nc2c1NC(=O)c1ccc(Cl)c([N+](=O)[O-])c1. The number of hydrogen-bond donors (Lipinski definition) is 1. The van der Waals surface area contributed by atoms with Crippen LogP contribution in [-0.4, -0.2) is 27.9 Å². The molecule has 0 fully saturated rings. The van der Waals surface area contributed by atoms with Gasteiger partial charge in [0.1, 0.15) is 22.0 Å². The van der Waals surface area contributed by atoms with Gasteiger partial charge >= 0.3 is 0 Å². The number of ether oxygens (including phenoxy) is 1. The highest BCUT2D eigenvalue weighted by Crippen LogP contribution is 2.33. The lowest BCUT2D eigenvalue weighted by Crippen LogP contribution is -2.14. The summed E-state index contributed by atoms with van der Waals surface area (Å²) in [5.74, 6) is -0.176. The van der Waals surface area contributed by atoms with Crippen LogP contribution in [0.25, 0.3) is 22.1 Å². The van der Waals surface area contributed by atoms with Crippen molar-refractivity contribution in [1.29, 1.82) is 0 Å². The van der Waals surface area contributed by atoms with Crippen LogP contribution in [0.3, 0.4) is 0 Å². The maximum atomic E-state index is 12.8. The van der Waals surface area contributed by atoms with E-state index in [0.717, 1.165) is 11.6 Å². The first-order valence-corrected chi connectivity index (χ1v) is 8.84. The van der Waals surface area contributed by atoms with E-state index in [4.69, 9.17) is 16.3 Å². The van der Waals surface area contributed by atoms with Gasteiger partial charge in [0, 0.05) is 11.6 Å². The summed E-state index contributed by atoms with van der Waals surface area (Å²) in [6, 6.07) is 14.6. The zero-order chi connectivity index (χ0) is 20.5. The van der Waals surface area contributed by atoms with Crippen LogP contribution in [0, 0.1) is 10.1 Å². The number of amides is 1. The maximum Gasteiger partial charge on any atom is 0.288 e. The third kappa shape index (κ3) is 3.41. The molecule has 9 heteroatoms. The first-order valence-electron chi connectivity index (χ1n) is 8.46. The van der Waals surface area contributed by atoms with E-state index in [1.807, 2.05) is 24.3 Å². The number of carbonyl (C=O) groups excluding carboxylic acids is 1. The van der Waals surface area contributed by atoms with E-state index >= 15 is 0 Å². The minimum Gasteiger partial charge on any atom is -0.494 e. The van der Waals surface area contributed by atoms with Gasteiger partial charge in [-0.2, -0.15) is 0 Å². The molecule has 1 aromatic heterocycles. The molecule has 0 radical (unpaired) electrons. The van der Waals surface area contributed by atoms with Gasteiger partial charge in [-0.3, -0.25) is 14.9 Å². The monoisotopic (exact) mass is 408 g/mol. The number of nitro benzene ring substituents is 1. The van der Waals surface area contributed by atoms with Gasteiger partial charge in [0.25, 0.3) is 11.6 Å². The zero-order valence-corrected chi connectivity index (χ0v) is 15.8. The number of rotatable bonds is 4. The molecule has 8 nitrogen and oxygen atoms in total. The molecule has 0 unspecified atom stereocenters. The van der Waals surface area contributed by atoms with Crippen molar-refractivity contribution >= 4 is 50.9 Å². The number of para-hydroxylation sites is 2. The molecular formula is C20H13ClN4O4. The van der Waals surface area contributed by atoms with Crippen LogP contribution >= 0.6 is 11.6 Å². The molecule has 0 aliphatic carbocycles. The first-order chi connectivity index (χ1) is 14.0. The lowest BCUT2D eigenvalue weighted by atomic mass is 10.1. The fourth-order valence-corrected chi connectivity index (χ4v) is 3.13. The highest BCUT2D eigenvalue weighted by molar-refractivity contribution is 6.32. The van der Waals surface area contributed by atoms with Gasteiger partial charge in [-0.15, -0.1) is 0 Å². The topological polar surface area (TPSA) is 107 Å². The number of hydrogen-bond acceptors (Lipinski definition) is 6. The molecule has 0 bridgehead atoms. The summed E-state index contributed by atoms with van der Waals surface area (Å²) in [5.41, 5.74) is 2.44. The fourth-order valence-electron chi connectivity index (χ4n) is 2.94. The molecule has 1 heterocycles. The van der Waals surface area contributed by atoms with Crippen LogP contribution in [0.1, 0.15) is 10.4 Å². The highest BCUT2D eigenvalue weighted by Gasteiger charge is 2.19. The van der Waals surface area contributed by atoms with Crippen molar-refractivity contribution in [2.75, 3.05) is 12.4 Å². The van der Waals surface area contributed by atoms with E-state index in [1.54, 1.807) is 12.1 Å². The Hall–Kier alpha value is -3.78. The van der Waals surface area contributed by atoms with Gasteiger partial charge in [0.2, 0.25) is 0 Å². The minimum atomic E-state index is -0.644. The summed E-state index contributed by atoms with van der Waals surface area (Å²) in [5, 5.41) is 13.8. The molecule has 0 spiro atoms. The number of nitrogens with one attached hydrogen (secondary N) is 1. The van der Waals surface area contributed by atoms with E-state index < -0.39 is 10.8 Å². The quantitative estimate of drug-likeness (QED) is 0.300. The maximum absolute atomic E-state index is 12.8. The Morgan fingerprint density at radius 3 is 2.48 bits per heavy atom. The van der Waals surface area contributed by atoms with Gasteiger partial charge in [-0.05, 0) is 36.4 Å². The van der Waals surface area contributed by atoms with Crippen molar-refractivity contribution in [3.8, 4) is 5.75 Å². The number of aromatic nitrogens is 2. The Bertz CT molecular complexity index is 1290. The molecule has 0 saturated carbocycles. The summed E-state index contributed by atoms with van der Waals surface area (Å²) in [4.78, 5) is 32.4. The van der Waals surface area contributed by atoms with E-state index in [-0.39, 0.29) is 16.3 Å². The number of nitro groups is 1. The Balaban J connectivity index is 1.82. The van der Waals surface area contributed by atoms with Gasteiger partial charge in [0.15, 0.2) is 0 Å². The second kappa shape index (κ2) is 7.33. The van der Waals surface area contributed by atoms with Crippen molar-refractivity contribution in [2.45, 2.75) is 0 Å². The van der Waals surface area contributed by atoms with E-state index in [9.17, 15) is 14.9 Å². The van der Waals surface area contributed by atoms with E-state index in [0.29, 0.717) is 28.0 Å². The van der Waals surface area contributed by atoms with E-state index in [1.165, 1.54) is 19.2 Å². The van der Waals surface area contributed by atoms with Gasteiger partial charge in [-0.1, -0.05) is 23.7 Å². The normalized spacial score (nSPS) is 10.8. The number of nitrogens with zero attached hydrogens (tertiary/aromatic N) is 3. The van der Waals surface area contributed by atoms with Crippen LogP contribution < -0.4 is 10.1 Å². The Kier molecular flexibility index (Phi) is 4.69. The summed E-state index contributed by atoms with van der Waals surface area (Å²) >= 11 is 5.83. The molecule has 29 heavy (non-hydrogen) atoms. The Labute approximate surface area is 169 Å². The molecule has 0 saturated heterocycles. The molecule has 3 aromatic carbocycles. The molecule has 4 aromatic rings. The number of anilines is 1. The third-order valence-electron chi connectivity index (χ3n) is 4.34. The lowest BCUT2D eigenvalue weighted by molar-refractivity contribution is -0.384. The number of methoxy groups -OCH3 is 1. The standard InChI is InChI=1S/C20H13ClN4O4/c1-29-17-9-8-15-18(23-14-5-3-2-4-13(14)22-15)19(17)24-20(26)11-6-7-12(21)16(10-11)25(27)28/h2-10H,1H3,(H,24,26). The zero-order valence-electron chi connectivity index (χ0n) is 15.0. The van der Waals surface area contributed by atoms with Crippen LogP contribution in [-0.2, 0) is 0 Å². The van der Waals surface area contributed by atoms with Gasteiger partial charge in [0.05, 0.1) is 28.6 Å². The van der Waals surface area contributed by atoms with Crippen molar-refractivity contribution < 1.29 is 14.5 Å². The predicted octanol–water partition coefficient (Wildman–Crippen LogP) is 4.61. The van der Waals surface area contributed by atoms with Crippen molar-refractivity contribution in [2.24, 2.45) is 0 Å². The average molecular weight is 409 g/mol. The number of halogens is 1. The van der Waals surface area contributed by atoms with Crippen molar-refractivity contribution in [1.82, 2.24) is 9.97 Å². The molecule has 0 aliphatic rings. The molecule has 1 amide bonds. The van der Waals surface area contributed by atoms with Crippen LogP contribution in [0.5, 0.6) is 5.75 Å². The lowest BCUT2D eigenvalue weighted by Gasteiger charge is -2.13. The number of fused-ring (bicyclic) bond motifs is 2. The van der Waals surface area contributed by atoms with Crippen molar-refractivity contribution in [3.63, 3.8) is 0 Å². The van der Waals surface area contributed by atoms with Gasteiger partial charge < -0.3 is 10.1 Å². The smallest absolute Gasteiger partial charge is 0.288 e. The van der Waals surface area contributed by atoms with Crippen molar-refractivity contribution in [3.05, 3.63) is 75.3 Å². The van der Waals surface area contributed by atoms with Gasteiger partial charge in [-0.25, -0.2) is 9.97 Å². The fraction of sp³-hybridized carbons (Fsp3) is 0.0500. The first kappa shape index (κ1) is 18.6. The van der Waals surface area contributed by atoms with Crippen LogP contribution in [0.15, 0.2) is 54.6 Å². The number of carbonyl (C=O) groups is 1. The molecule has 1 N–H and O–H groups in total. The molecular weight excluding hydrogens is 396 g/mol. The summed E-state index contributed by atoms with van der Waals surface area (Å²) in [6.45, 7) is 0. The second-order valence-corrected chi connectivity index (χ2v) is 6.51. The molecule has 0 atom stereocenters. The average Bonchev–Trinajstić information content (AvgIpc) is 2.72. The minimum absolute atomic E-state index is 0.0494. The number of benzene rings is 3. The second-order valence-electron chi connectivity index (χ2n) is 6.10. The predicted molar refractivity (Wildman–Crippen MR) is 110 cm³/mol. The highest BCUT2D eigenvalue weighted by atomic mass is 35.5. The molecule has 0 aliphatic heterocycles. The molecule has 4 rings (SSSR count). The molecule has 144 valence electrons. The van der Waals surface area contributed by atoms with E-state index in [2.05, 4.69) is 15.3 Å². The van der Waals surface area contributed by atoms with Crippen LogP contribution in [0.4, 0.5) is 11.4 Å². The third-order valence-corrected chi connectivity index (χ3v) is 4.66. The summed E-state index contributed by atoms with van der Waals surface area (Å²) in [7, 11) is 1.47. The Morgan fingerprint density at radius 2 is 1.79 bits per heavy atom.